The van der Waals surface area contributed by atoms with E-state index in [-0.39, 0.29) is 11.4 Å². The molecule has 2 atom stereocenters. The molecule has 2 rings (SSSR count). The van der Waals surface area contributed by atoms with Gasteiger partial charge in [0.05, 0.1) is 0 Å². The smallest absolute Gasteiger partial charge is 0.127 e. The summed E-state index contributed by atoms with van der Waals surface area (Å²) in [6.07, 6.45) is 1.09. The fourth-order valence-electron chi connectivity index (χ4n) is 3.01. The largest absolute Gasteiger partial charge is 0.309 e. The number of rotatable bonds is 4. The Morgan fingerprint density at radius 2 is 2.10 bits per heavy atom. The van der Waals surface area contributed by atoms with Crippen LogP contribution in [0.2, 0.25) is 0 Å². The minimum Gasteiger partial charge on any atom is -0.309 e. The maximum atomic E-state index is 13.9. The molecule has 0 aromatic heterocycles. The first-order valence-corrected chi connectivity index (χ1v) is 7.67. The number of hydrogen-bond donors (Lipinski definition) is 1. The third kappa shape index (κ3) is 3.39. The summed E-state index contributed by atoms with van der Waals surface area (Å²) in [5.74, 6) is 0.474. The Hall–Kier alpha value is -0.930. The number of nitrogens with one attached hydrogen (secondary N) is 1. The molecule has 0 saturated carbocycles. The molecule has 20 heavy (non-hydrogen) atoms. The molecule has 0 bridgehead atoms. The van der Waals surface area contributed by atoms with Crippen molar-refractivity contribution >= 4 is 0 Å². The van der Waals surface area contributed by atoms with Gasteiger partial charge in [0.15, 0.2) is 0 Å². The topological polar surface area (TPSA) is 15.3 Å². The van der Waals surface area contributed by atoms with Gasteiger partial charge in [0.1, 0.15) is 5.82 Å². The van der Waals surface area contributed by atoms with Gasteiger partial charge >= 0.3 is 0 Å². The van der Waals surface area contributed by atoms with Crippen LogP contribution in [0.15, 0.2) is 24.3 Å². The lowest BCUT2D eigenvalue weighted by Gasteiger charge is -2.47. The molecule has 2 nitrogen and oxygen atoms in total. The van der Waals surface area contributed by atoms with Crippen LogP contribution in [0.1, 0.15) is 39.7 Å². The Balaban J connectivity index is 2.18. The molecule has 1 N–H and O–H groups in total. The third-order valence-corrected chi connectivity index (χ3v) is 4.64. The van der Waals surface area contributed by atoms with Gasteiger partial charge in [-0.1, -0.05) is 39.0 Å². The van der Waals surface area contributed by atoms with Crippen LogP contribution < -0.4 is 5.32 Å². The molecular weight excluding hydrogens is 251 g/mol. The molecule has 1 aromatic rings. The van der Waals surface area contributed by atoms with Crippen molar-refractivity contribution in [2.24, 2.45) is 5.92 Å². The van der Waals surface area contributed by atoms with Crippen LogP contribution in [0.25, 0.3) is 0 Å². The van der Waals surface area contributed by atoms with Crippen molar-refractivity contribution < 1.29 is 4.39 Å². The molecule has 112 valence electrons. The van der Waals surface area contributed by atoms with E-state index < -0.39 is 0 Å². The van der Waals surface area contributed by atoms with Gasteiger partial charge in [-0.15, -0.1) is 0 Å². The number of halogens is 1. The molecule has 1 aliphatic rings. The highest BCUT2D eigenvalue weighted by Gasteiger charge is 2.35. The SMILES string of the molecule is CCC1(C)CN(Cc2ccccc2F)C(C(C)C)CN1. The second-order valence-corrected chi connectivity index (χ2v) is 6.60. The molecule has 1 aliphatic heterocycles. The summed E-state index contributed by atoms with van der Waals surface area (Å²) in [5.41, 5.74) is 0.940. The summed E-state index contributed by atoms with van der Waals surface area (Å²) in [6.45, 7) is 11.6. The molecule has 0 aliphatic carbocycles. The Morgan fingerprint density at radius 3 is 2.70 bits per heavy atom. The zero-order chi connectivity index (χ0) is 14.8. The average molecular weight is 278 g/mol. The Bertz CT molecular complexity index is 446. The maximum absolute atomic E-state index is 13.9. The van der Waals surface area contributed by atoms with E-state index in [2.05, 4.69) is 37.9 Å². The summed E-state index contributed by atoms with van der Waals surface area (Å²) < 4.78 is 13.9. The highest BCUT2D eigenvalue weighted by molar-refractivity contribution is 5.17. The molecule has 1 aromatic carbocycles. The normalized spacial score (nSPS) is 28.0. The summed E-state index contributed by atoms with van der Waals surface area (Å²) in [4.78, 5) is 2.45. The Morgan fingerprint density at radius 1 is 1.40 bits per heavy atom. The predicted octanol–water partition coefficient (Wildman–Crippen LogP) is 3.42. The van der Waals surface area contributed by atoms with Crippen molar-refractivity contribution in [3.8, 4) is 0 Å². The molecule has 1 fully saturated rings. The van der Waals surface area contributed by atoms with Crippen LogP contribution in [0, 0.1) is 11.7 Å². The first-order valence-electron chi connectivity index (χ1n) is 7.67. The Kier molecular flexibility index (Phi) is 4.82. The number of nitrogens with zero attached hydrogens (tertiary/aromatic N) is 1. The molecule has 0 radical (unpaired) electrons. The van der Waals surface area contributed by atoms with Gasteiger partial charge < -0.3 is 5.32 Å². The van der Waals surface area contributed by atoms with Crippen molar-refractivity contribution in [3.63, 3.8) is 0 Å². The summed E-state index contributed by atoms with van der Waals surface area (Å²) in [6, 6.07) is 7.60. The minimum atomic E-state index is -0.0910. The number of benzene rings is 1. The fourth-order valence-corrected chi connectivity index (χ4v) is 3.01. The van der Waals surface area contributed by atoms with E-state index >= 15 is 0 Å². The van der Waals surface area contributed by atoms with E-state index in [4.69, 9.17) is 0 Å². The fraction of sp³-hybridized carbons (Fsp3) is 0.647. The van der Waals surface area contributed by atoms with E-state index in [1.165, 1.54) is 0 Å². The number of piperazine rings is 1. The van der Waals surface area contributed by atoms with Gasteiger partial charge in [0.25, 0.3) is 0 Å². The standard InChI is InChI=1S/C17H27FN2/c1-5-17(4)12-20(16(10-19-17)13(2)3)11-14-8-6-7-9-15(14)18/h6-9,13,16,19H,5,10-12H2,1-4H3. The van der Waals surface area contributed by atoms with Crippen molar-refractivity contribution in [2.75, 3.05) is 13.1 Å². The molecule has 2 unspecified atom stereocenters. The lowest BCUT2D eigenvalue weighted by molar-refractivity contribution is 0.0530. The second kappa shape index (κ2) is 6.23. The van der Waals surface area contributed by atoms with Crippen LogP contribution in [0.5, 0.6) is 0 Å². The second-order valence-electron chi connectivity index (χ2n) is 6.60. The molecule has 0 spiro atoms. The first-order chi connectivity index (χ1) is 9.45. The van der Waals surface area contributed by atoms with Gasteiger partial charge in [-0.25, -0.2) is 4.39 Å². The van der Waals surface area contributed by atoms with Crippen molar-refractivity contribution in [3.05, 3.63) is 35.6 Å². The van der Waals surface area contributed by atoms with E-state index in [1.807, 2.05) is 12.1 Å². The van der Waals surface area contributed by atoms with Crippen molar-refractivity contribution in [1.29, 1.82) is 0 Å². The summed E-state index contributed by atoms with van der Waals surface area (Å²) in [7, 11) is 0. The van der Waals surface area contributed by atoms with Gasteiger partial charge in [0, 0.05) is 36.8 Å². The monoisotopic (exact) mass is 278 g/mol. The zero-order valence-electron chi connectivity index (χ0n) is 13.1. The molecular formula is C17H27FN2. The molecule has 1 saturated heterocycles. The highest BCUT2D eigenvalue weighted by Crippen LogP contribution is 2.25. The van der Waals surface area contributed by atoms with E-state index in [0.717, 1.165) is 25.1 Å². The van der Waals surface area contributed by atoms with Gasteiger partial charge in [-0.05, 0) is 25.3 Å². The van der Waals surface area contributed by atoms with Gasteiger partial charge in [-0.2, -0.15) is 0 Å². The van der Waals surface area contributed by atoms with Crippen LogP contribution in [-0.2, 0) is 6.54 Å². The molecule has 3 heteroatoms. The molecule has 0 amide bonds. The zero-order valence-corrected chi connectivity index (χ0v) is 13.1. The van der Waals surface area contributed by atoms with Crippen molar-refractivity contribution in [1.82, 2.24) is 10.2 Å². The van der Waals surface area contributed by atoms with Crippen LogP contribution >= 0.6 is 0 Å². The third-order valence-electron chi connectivity index (χ3n) is 4.64. The lowest BCUT2D eigenvalue weighted by Crippen LogP contribution is -2.63. The lowest BCUT2D eigenvalue weighted by atomic mass is 9.89. The maximum Gasteiger partial charge on any atom is 0.127 e. The summed E-state index contributed by atoms with van der Waals surface area (Å²) in [5, 5.41) is 3.67. The highest BCUT2D eigenvalue weighted by atomic mass is 19.1. The summed E-state index contributed by atoms with van der Waals surface area (Å²) >= 11 is 0. The van der Waals surface area contributed by atoms with Crippen LogP contribution in [-0.4, -0.2) is 29.6 Å². The predicted molar refractivity (Wildman–Crippen MR) is 82.1 cm³/mol. The van der Waals surface area contributed by atoms with E-state index in [0.29, 0.717) is 18.5 Å². The minimum absolute atomic E-state index is 0.0910. The van der Waals surface area contributed by atoms with E-state index in [9.17, 15) is 4.39 Å². The first kappa shape index (κ1) is 15.5. The molecule has 1 heterocycles. The quantitative estimate of drug-likeness (QED) is 0.908. The van der Waals surface area contributed by atoms with E-state index in [1.54, 1.807) is 12.1 Å². The Labute approximate surface area is 122 Å². The van der Waals surface area contributed by atoms with Gasteiger partial charge in [0.2, 0.25) is 0 Å². The van der Waals surface area contributed by atoms with Gasteiger partial charge in [-0.3, -0.25) is 4.90 Å². The van der Waals surface area contributed by atoms with Crippen molar-refractivity contribution in [2.45, 2.75) is 52.2 Å². The number of hydrogen-bond acceptors (Lipinski definition) is 2. The average Bonchev–Trinajstić information content (AvgIpc) is 2.41. The van der Waals surface area contributed by atoms with Crippen LogP contribution in [0.4, 0.5) is 4.39 Å². The van der Waals surface area contributed by atoms with Crippen LogP contribution in [0.3, 0.4) is 0 Å².